The lowest BCUT2D eigenvalue weighted by molar-refractivity contribution is 0.527. The summed E-state index contributed by atoms with van der Waals surface area (Å²) < 4.78 is 5.29. The van der Waals surface area contributed by atoms with Crippen molar-refractivity contribution in [1.29, 1.82) is 0 Å². The van der Waals surface area contributed by atoms with Gasteiger partial charge in [-0.05, 0) is 49.6 Å². The van der Waals surface area contributed by atoms with Crippen LogP contribution in [0.2, 0.25) is 5.02 Å². The number of halogens is 1. The molecule has 1 atom stereocenters. The Bertz CT molecular complexity index is 545. The predicted molar refractivity (Wildman–Crippen MR) is 70.4 cm³/mol. The van der Waals surface area contributed by atoms with Crippen LogP contribution >= 0.6 is 11.6 Å². The van der Waals surface area contributed by atoms with E-state index in [0.717, 1.165) is 33.0 Å². The van der Waals surface area contributed by atoms with Crippen molar-refractivity contribution >= 4 is 11.6 Å². The highest BCUT2D eigenvalue weighted by Gasteiger charge is 2.16. The number of hydrogen-bond acceptors (Lipinski definition) is 2. The van der Waals surface area contributed by atoms with Crippen LogP contribution in [-0.4, -0.2) is 0 Å². The molecule has 1 aromatic heterocycles. The zero-order valence-corrected chi connectivity index (χ0v) is 11.0. The average Bonchev–Trinajstić information content (AvgIpc) is 2.69. The van der Waals surface area contributed by atoms with Gasteiger partial charge < -0.3 is 10.2 Å². The molecule has 0 saturated carbocycles. The van der Waals surface area contributed by atoms with Gasteiger partial charge in [-0.25, -0.2) is 0 Å². The standard InChI is InChI=1S/C14H16ClNO/c1-8-7-13(15)9(2)6-12(8)14(16)11-4-5-17-10(11)3/h4-7,14H,16H2,1-3H3. The molecular formula is C14H16ClNO. The fraction of sp³-hybridized carbons (Fsp3) is 0.286. The first-order chi connectivity index (χ1) is 8.00. The normalized spacial score (nSPS) is 12.8. The third kappa shape index (κ3) is 2.24. The van der Waals surface area contributed by atoms with E-state index < -0.39 is 0 Å². The first-order valence-corrected chi connectivity index (χ1v) is 5.94. The molecule has 0 aliphatic rings. The molecule has 1 unspecified atom stereocenters. The van der Waals surface area contributed by atoms with Crippen molar-refractivity contribution in [3.8, 4) is 0 Å². The van der Waals surface area contributed by atoms with Crippen LogP contribution in [0.3, 0.4) is 0 Å². The Morgan fingerprint density at radius 1 is 1.12 bits per heavy atom. The minimum absolute atomic E-state index is 0.162. The molecule has 0 aliphatic heterocycles. The molecule has 0 radical (unpaired) electrons. The van der Waals surface area contributed by atoms with Crippen LogP contribution in [0, 0.1) is 20.8 Å². The Hall–Kier alpha value is -1.25. The minimum Gasteiger partial charge on any atom is -0.469 e. The van der Waals surface area contributed by atoms with Crippen LogP contribution < -0.4 is 5.73 Å². The second kappa shape index (κ2) is 4.55. The molecular weight excluding hydrogens is 234 g/mol. The summed E-state index contributed by atoms with van der Waals surface area (Å²) >= 11 is 6.09. The fourth-order valence-electron chi connectivity index (χ4n) is 2.02. The van der Waals surface area contributed by atoms with Crippen LogP contribution in [-0.2, 0) is 0 Å². The Morgan fingerprint density at radius 3 is 2.41 bits per heavy atom. The lowest BCUT2D eigenvalue weighted by Gasteiger charge is -2.16. The van der Waals surface area contributed by atoms with E-state index in [-0.39, 0.29) is 6.04 Å². The molecule has 1 aromatic carbocycles. The highest BCUT2D eigenvalue weighted by molar-refractivity contribution is 6.31. The Balaban J connectivity index is 2.48. The second-order valence-corrected chi connectivity index (χ2v) is 4.77. The second-order valence-electron chi connectivity index (χ2n) is 4.37. The summed E-state index contributed by atoms with van der Waals surface area (Å²) in [5.41, 5.74) is 10.5. The van der Waals surface area contributed by atoms with E-state index in [0.29, 0.717) is 0 Å². The molecule has 0 amide bonds. The third-order valence-electron chi connectivity index (χ3n) is 3.12. The summed E-state index contributed by atoms with van der Waals surface area (Å²) in [5, 5.41) is 0.780. The Labute approximate surface area is 106 Å². The van der Waals surface area contributed by atoms with Crippen LogP contribution in [0.15, 0.2) is 28.9 Å². The molecule has 0 fully saturated rings. The monoisotopic (exact) mass is 249 g/mol. The molecule has 0 spiro atoms. The molecule has 0 aliphatic carbocycles. The largest absolute Gasteiger partial charge is 0.469 e. The highest BCUT2D eigenvalue weighted by atomic mass is 35.5. The topological polar surface area (TPSA) is 39.2 Å². The highest BCUT2D eigenvalue weighted by Crippen LogP contribution is 2.29. The van der Waals surface area contributed by atoms with Gasteiger partial charge in [0.15, 0.2) is 0 Å². The van der Waals surface area contributed by atoms with E-state index in [1.807, 2.05) is 32.9 Å². The van der Waals surface area contributed by atoms with E-state index in [9.17, 15) is 0 Å². The number of benzene rings is 1. The summed E-state index contributed by atoms with van der Waals surface area (Å²) in [7, 11) is 0. The molecule has 90 valence electrons. The van der Waals surface area contributed by atoms with Gasteiger partial charge in [0.25, 0.3) is 0 Å². The zero-order chi connectivity index (χ0) is 12.6. The van der Waals surface area contributed by atoms with Gasteiger partial charge in [0.2, 0.25) is 0 Å². The lowest BCUT2D eigenvalue weighted by Crippen LogP contribution is -2.13. The van der Waals surface area contributed by atoms with Crippen molar-refractivity contribution in [2.24, 2.45) is 5.73 Å². The van der Waals surface area contributed by atoms with Crippen LogP contribution in [0.4, 0.5) is 0 Å². The molecule has 2 rings (SSSR count). The molecule has 0 bridgehead atoms. The van der Waals surface area contributed by atoms with Crippen LogP contribution in [0.1, 0.15) is 34.1 Å². The predicted octanol–water partition coefficient (Wildman–Crippen LogP) is 3.91. The van der Waals surface area contributed by atoms with Gasteiger partial charge >= 0.3 is 0 Å². The number of nitrogens with two attached hydrogens (primary N) is 1. The summed E-state index contributed by atoms with van der Waals surface area (Å²) in [6, 6.07) is 5.77. The van der Waals surface area contributed by atoms with Crippen molar-refractivity contribution in [3.05, 3.63) is 57.5 Å². The summed E-state index contributed by atoms with van der Waals surface area (Å²) in [6.07, 6.45) is 1.67. The average molecular weight is 250 g/mol. The third-order valence-corrected chi connectivity index (χ3v) is 3.52. The quantitative estimate of drug-likeness (QED) is 0.877. The van der Waals surface area contributed by atoms with E-state index in [4.69, 9.17) is 21.8 Å². The van der Waals surface area contributed by atoms with E-state index in [1.165, 1.54) is 0 Å². The van der Waals surface area contributed by atoms with Gasteiger partial charge in [-0.2, -0.15) is 0 Å². The SMILES string of the molecule is Cc1cc(C(N)c2ccoc2C)c(C)cc1Cl. The van der Waals surface area contributed by atoms with E-state index in [1.54, 1.807) is 6.26 Å². The maximum Gasteiger partial charge on any atom is 0.105 e. The van der Waals surface area contributed by atoms with Crippen molar-refractivity contribution in [2.75, 3.05) is 0 Å². The Kier molecular flexibility index (Phi) is 3.27. The lowest BCUT2D eigenvalue weighted by atomic mass is 9.94. The van der Waals surface area contributed by atoms with E-state index >= 15 is 0 Å². The number of furan rings is 1. The van der Waals surface area contributed by atoms with Crippen LogP contribution in [0.25, 0.3) is 0 Å². The molecule has 2 N–H and O–H groups in total. The summed E-state index contributed by atoms with van der Waals surface area (Å²) in [4.78, 5) is 0. The molecule has 0 saturated heterocycles. The first kappa shape index (κ1) is 12.2. The van der Waals surface area contributed by atoms with Gasteiger partial charge in [-0.3, -0.25) is 0 Å². The molecule has 2 aromatic rings. The maximum atomic E-state index is 6.28. The van der Waals surface area contributed by atoms with Gasteiger partial charge in [-0.1, -0.05) is 17.7 Å². The fourth-order valence-corrected chi connectivity index (χ4v) is 2.24. The van der Waals surface area contributed by atoms with Gasteiger partial charge in [0, 0.05) is 10.6 Å². The first-order valence-electron chi connectivity index (χ1n) is 5.57. The summed E-state index contributed by atoms with van der Waals surface area (Å²) in [5.74, 6) is 0.865. The van der Waals surface area contributed by atoms with Crippen molar-refractivity contribution in [3.63, 3.8) is 0 Å². The number of aryl methyl sites for hydroxylation is 3. The zero-order valence-electron chi connectivity index (χ0n) is 10.3. The Morgan fingerprint density at radius 2 is 1.82 bits per heavy atom. The summed E-state index contributed by atoms with van der Waals surface area (Å²) in [6.45, 7) is 5.93. The van der Waals surface area contributed by atoms with Crippen molar-refractivity contribution in [2.45, 2.75) is 26.8 Å². The minimum atomic E-state index is -0.162. The van der Waals surface area contributed by atoms with Gasteiger partial charge in [0.05, 0.1) is 12.3 Å². The van der Waals surface area contributed by atoms with Crippen molar-refractivity contribution < 1.29 is 4.42 Å². The van der Waals surface area contributed by atoms with Crippen LogP contribution in [0.5, 0.6) is 0 Å². The maximum absolute atomic E-state index is 6.28. The van der Waals surface area contributed by atoms with E-state index in [2.05, 4.69) is 6.07 Å². The van der Waals surface area contributed by atoms with Gasteiger partial charge in [0.1, 0.15) is 5.76 Å². The van der Waals surface area contributed by atoms with Gasteiger partial charge in [-0.15, -0.1) is 0 Å². The molecule has 1 heterocycles. The number of rotatable bonds is 2. The smallest absolute Gasteiger partial charge is 0.105 e. The molecule has 17 heavy (non-hydrogen) atoms. The molecule has 2 nitrogen and oxygen atoms in total. The molecule has 3 heteroatoms. The number of hydrogen-bond donors (Lipinski definition) is 1. The van der Waals surface area contributed by atoms with Crippen molar-refractivity contribution in [1.82, 2.24) is 0 Å².